The zero-order valence-electron chi connectivity index (χ0n) is 11.6. The third kappa shape index (κ3) is 4.31. The summed E-state index contributed by atoms with van der Waals surface area (Å²) < 4.78 is 5.59. The lowest BCUT2D eigenvalue weighted by Crippen LogP contribution is -2.25. The van der Waals surface area contributed by atoms with Crippen LogP contribution in [0.4, 0.5) is 5.95 Å². The van der Waals surface area contributed by atoms with Crippen LogP contribution in [0.25, 0.3) is 0 Å². The highest BCUT2D eigenvalue weighted by Gasteiger charge is 2.16. The van der Waals surface area contributed by atoms with Crippen molar-refractivity contribution in [1.29, 1.82) is 0 Å². The second-order valence-corrected chi connectivity index (χ2v) is 5.32. The summed E-state index contributed by atoms with van der Waals surface area (Å²) in [5.74, 6) is 1.15. The third-order valence-corrected chi connectivity index (χ3v) is 3.30. The number of carbonyl (C=O) groups excluding carboxylic acids is 1. The first kappa shape index (κ1) is 14.0. The maximum Gasteiger partial charge on any atom is 0.252 e. The Hall–Kier alpha value is -1.43. The van der Waals surface area contributed by atoms with E-state index in [9.17, 15) is 4.79 Å². The van der Waals surface area contributed by atoms with Crippen molar-refractivity contribution >= 4 is 11.9 Å². The van der Waals surface area contributed by atoms with Crippen molar-refractivity contribution in [2.75, 3.05) is 11.9 Å². The summed E-state index contributed by atoms with van der Waals surface area (Å²) >= 11 is 0. The van der Waals surface area contributed by atoms with Gasteiger partial charge in [0.1, 0.15) is 12.4 Å². The first-order chi connectivity index (χ1) is 9.15. The van der Waals surface area contributed by atoms with Crippen LogP contribution in [-0.4, -0.2) is 33.8 Å². The molecule has 1 aromatic rings. The van der Waals surface area contributed by atoms with Gasteiger partial charge in [0.15, 0.2) is 0 Å². The van der Waals surface area contributed by atoms with Crippen LogP contribution in [0, 0.1) is 0 Å². The molecule has 1 heterocycles. The Morgan fingerprint density at radius 3 is 2.79 bits per heavy atom. The summed E-state index contributed by atoms with van der Waals surface area (Å²) in [7, 11) is 0. The lowest BCUT2D eigenvalue weighted by atomic mass is 9.98. The number of amides is 1. The number of rotatable bonds is 5. The van der Waals surface area contributed by atoms with Gasteiger partial charge in [0.25, 0.3) is 5.91 Å². The highest BCUT2D eigenvalue weighted by molar-refractivity contribution is 5.89. The van der Waals surface area contributed by atoms with Gasteiger partial charge in [-0.25, -0.2) is 0 Å². The van der Waals surface area contributed by atoms with E-state index in [1.807, 2.05) is 13.8 Å². The molecule has 19 heavy (non-hydrogen) atoms. The SMILES string of the molecule is CC(C)c1nc(NC(=O)COC2CCCCC2)n[nH]1. The van der Waals surface area contributed by atoms with Gasteiger partial charge in [-0.3, -0.25) is 15.2 Å². The topological polar surface area (TPSA) is 79.9 Å². The highest BCUT2D eigenvalue weighted by atomic mass is 16.5. The Bertz CT molecular complexity index is 411. The minimum atomic E-state index is -0.195. The molecule has 0 radical (unpaired) electrons. The summed E-state index contributed by atoms with van der Waals surface area (Å²) in [6.45, 7) is 4.10. The van der Waals surface area contributed by atoms with Gasteiger partial charge < -0.3 is 4.74 Å². The Morgan fingerprint density at radius 2 is 2.16 bits per heavy atom. The maximum atomic E-state index is 11.7. The molecule has 1 saturated carbocycles. The molecule has 0 spiro atoms. The molecule has 0 bridgehead atoms. The minimum Gasteiger partial charge on any atom is -0.368 e. The summed E-state index contributed by atoms with van der Waals surface area (Å²) in [6, 6.07) is 0. The zero-order valence-corrected chi connectivity index (χ0v) is 11.6. The standard InChI is InChI=1S/C13H22N4O2/c1-9(2)12-15-13(17-16-12)14-11(18)8-19-10-6-4-3-5-7-10/h9-10H,3-8H2,1-2H3,(H2,14,15,16,17,18). The number of ether oxygens (including phenoxy) is 1. The van der Waals surface area contributed by atoms with E-state index in [0.717, 1.165) is 18.7 Å². The molecule has 0 atom stereocenters. The number of hydrogen-bond donors (Lipinski definition) is 2. The van der Waals surface area contributed by atoms with E-state index < -0.39 is 0 Å². The Balaban J connectivity index is 1.73. The minimum absolute atomic E-state index is 0.0796. The van der Waals surface area contributed by atoms with Gasteiger partial charge in [-0.1, -0.05) is 33.1 Å². The predicted octanol–water partition coefficient (Wildman–Crippen LogP) is 2.22. The lowest BCUT2D eigenvalue weighted by Gasteiger charge is -2.21. The number of hydrogen-bond acceptors (Lipinski definition) is 4. The zero-order chi connectivity index (χ0) is 13.7. The molecule has 6 heteroatoms. The molecular formula is C13H22N4O2. The van der Waals surface area contributed by atoms with Crippen LogP contribution in [0.3, 0.4) is 0 Å². The molecule has 1 amide bonds. The molecule has 0 unspecified atom stereocenters. The van der Waals surface area contributed by atoms with Gasteiger partial charge in [0, 0.05) is 5.92 Å². The summed E-state index contributed by atoms with van der Waals surface area (Å²) in [4.78, 5) is 15.9. The molecule has 1 fully saturated rings. The normalized spacial score (nSPS) is 16.8. The van der Waals surface area contributed by atoms with Crippen molar-refractivity contribution in [3.63, 3.8) is 0 Å². The van der Waals surface area contributed by atoms with E-state index in [2.05, 4.69) is 20.5 Å². The molecule has 6 nitrogen and oxygen atoms in total. The second-order valence-electron chi connectivity index (χ2n) is 5.32. The summed E-state index contributed by atoms with van der Waals surface area (Å²) in [5.41, 5.74) is 0. The van der Waals surface area contributed by atoms with Crippen LogP contribution in [0.5, 0.6) is 0 Å². The third-order valence-electron chi connectivity index (χ3n) is 3.30. The van der Waals surface area contributed by atoms with Gasteiger partial charge >= 0.3 is 0 Å². The average molecular weight is 266 g/mol. The largest absolute Gasteiger partial charge is 0.368 e. The number of nitrogens with zero attached hydrogens (tertiary/aromatic N) is 2. The van der Waals surface area contributed by atoms with E-state index in [1.165, 1.54) is 19.3 Å². The fourth-order valence-corrected chi connectivity index (χ4v) is 2.17. The molecule has 1 aromatic heterocycles. The molecule has 1 aliphatic carbocycles. The fraction of sp³-hybridized carbons (Fsp3) is 0.769. The fourth-order valence-electron chi connectivity index (χ4n) is 2.17. The van der Waals surface area contributed by atoms with Crippen molar-refractivity contribution in [3.8, 4) is 0 Å². The average Bonchev–Trinajstić information content (AvgIpc) is 2.86. The van der Waals surface area contributed by atoms with Crippen LogP contribution < -0.4 is 5.32 Å². The number of anilines is 1. The van der Waals surface area contributed by atoms with Crippen molar-refractivity contribution in [2.45, 2.75) is 58.0 Å². The number of aromatic nitrogens is 3. The number of carbonyl (C=O) groups is 1. The van der Waals surface area contributed by atoms with Gasteiger partial charge in [-0.05, 0) is 12.8 Å². The lowest BCUT2D eigenvalue weighted by molar-refractivity contribution is -0.123. The molecule has 2 rings (SSSR count). The molecule has 2 N–H and O–H groups in total. The summed E-state index contributed by atoms with van der Waals surface area (Å²) in [5, 5.41) is 9.39. The Kier molecular flexibility index (Phi) is 4.90. The van der Waals surface area contributed by atoms with Gasteiger partial charge in [0.2, 0.25) is 5.95 Å². The van der Waals surface area contributed by atoms with E-state index in [0.29, 0.717) is 5.95 Å². The van der Waals surface area contributed by atoms with E-state index >= 15 is 0 Å². The van der Waals surface area contributed by atoms with Crippen LogP contribution in [0.15, 0.2) is 0 Å². The predicted molar refractivity (Wildman–Crippen MR) is 71.9 cm³/mol. The Labute approximate surface area is 113 Å². The maximum absolute atomic E-state index is 11.7. The summed E-state index contributed by atoms with van der Waals surface area (Å²) in [6.07, 6.45) is 6.03. The van der Waals surface area contributed by atoms with Crippen LogP contribution >= 0.6 is 0 Å². The monoisotopic (exact) mass is 266 g/mol. The second kappa shape index (κ2) is 6.65. The number of aromatic amines is 1. The van der Waals surface area contributed by atoms with E-state index in [1.54, 1.807) is 0 Å². The number of nitrogens with one attached hydrogen (secondary N) is 2. The number of H-pyrrole nitrogens is 1. The Morgan fingerprint density at radius 1 is 1.42 bits per heavy atom. The first-order valence-corrected chi connectivity index (χ1v) is 6.99. The smallest absolute Gasteiger partial charge is 0.252 e. The first-order valence-electron chi connectivity index (χ1n) is 6.99. The van der Waals surface area contributed by atoms with Crippen LogP contribution in [0.2, 0.25) is 0 Å². The van der Waals surface area contributed by atoms with Gasteiger partial charge in [-0.2, -0.15) is 4.98 Å². The van der Waals surface area contributed by atoms with E-state index in [-0.39, 0.29) is 24.5 Å². The van der Waals surface area contributed by atoms with Crippen LogP contribution in [0.1, 0.15) is 57.7 Å². The molecule has 0 aliphatic heterocycles. The van der Waals surface area contributed by atoms with Crippen molar-refractivity contribution in [3.05, 3.63) is 5.82 Å². The molecule has 1 aliphatic rings. The molecule has 0 aromatic carbocycles. The van der Waals surface area contributed by atoms with Crippen molar-refractivity contribution in [2.24, 2.45) is 0 Å². The highest BCUT2D eigenvalue weighted by Crippen LogP contribution is 2.20. The van der Waals surface area contributed by atoms with Crippen molar-refractivity contribution < 1.29 is 9.53 Å². The van der Waals surface area contributed by atoms with Gasteiger partial charge in [0.05, 0.1) is 6.10 Å². The van der Waals surface area contributed by atoms with E-state index in [4.69, 9.17) is 4.74 Å². The molecule has 106 valence electrons. The van der Waals surface area contributed by atoms with Crippen LogP contribution in [-0.2, 0) is 9.53 Å². The molecule has 0 saturated heterocycles. The van der Waals surface area contributed by atoms with Crippen molar-refractivity contribution in [1.82, 2.24) is 15.2 Å². The van der Waals surface area contributed by atoms with Gasteiger partial charge in [-0.15, -0.1) is 5.10 Å². The molecular weight excluding hydrogens is 244 g/mol. The quantitative estimate of drug-likeness (QED) is 0.856.